The third-order valence-corrected chi connectivity index (χ3v) is 5.12. The fraction of sp³-hybridized carbons (Fsp3) is 0.174. The van der Waals surface area contributed by atoms with Crippen LogP contribution in [0.2, 0.25) is 0 Å². The topological polar surface area (TPSA) is 155 Å². The van der Waals surface area contributed by atoms with Crippen molar-refractivity contribution >= 4 is 40.1 Å². The monoisotopic (exact) mass is 543 g/mol. The van der Waals surface area contributed by atoms with Gasteiger partial charge in [-0.15, -0.1) is 0 Å². The molecule has 0 fully saturated rings. The quantitative estimate of drug-likeness (QED) is 0.214. The minimum atomic E-state index is -1.09. The molecule has 0 saturated carbocycles. The highest BCUT2D eigenvalue weighted by Crippen LogP contribution is 2.25. The average Bonchev–Trinajstić information content (AvgIpc) is 3.35. The molecule has 0 saturated heterocycles. The lowest BCUT2D eigenvalue weighted by Gasteiger charge is -2.16. The Hall–Kier alpha value is -4.19. The number of ether oxygens (including phenoxy) is 2. The first kappa shape index (κ1) is 25.4. The van der Waals surface area contributed by atoms with Gasteiger partial charge in [-0.3, -0.25) is 4.79 Å². The first-order valence-corrected chi connectivity index (χ1v) is 11.1. The molecule has 2 aromatic carbocycles. The summed E-state index contributed by atoms with van der Waals surface area (Å²) in [6.45, 7) is -0.412. The summed E-state index contributed by atoms with van der Waals surface area (Å²) in [6, 6.07) is 13.0. The van der Waals surface area contributed by atoms with E-state index < -0.39 is 30.6 Å². The Bertz CT molecular complexity index is 1170. The van der Waals surface area contributed by atoms with E-state index in [0.29, 0.717) is 21.5 Å². The zero-order chi connectivity index (χ0) is 25.0. The molecule has 182 valence electrons. The number of carbonyl (C=O) groups excluding carboxylic acids is 2. The summed E-state index contributed by atoms with van der Waals surface area (Å²) in [5.41, 5.74) is 4.46. The number of hydrogen-bond donors (Lipinski definition) is 4. The Kier molecular flexibility index (Phi) is 9.37. The number of carboxylic acid groups (broad SMARTS) is 1. The molecule has 1 heterocycles. The van der Waals surface area contributed by atoms with Gasteiger partial charge in [0.1, 0.15) is 18.4 Å². The third kappa shape index (κ3) is 8.59. The maximum Gasteiger partial charge on any atom is 0.408 e. The molecular weight excluding hydrogens is 522 g/mol. The normalized spacial score (nSPS) is 11.6. The number of hydrazone groups is 1. The molecule has 0 unspecified atom stereocenters. The summed E-state index contributed by atoms with van der Waals surface area (Å²) < 4.78 is 10.9. The van der Waals surface area contributed by atoms with Gasteiger partial charge in [0, 0.05) is 18.3 Å². The third-order valence-electron chi connectivity index (χ3n) is 4.50. The highest BCUT2D eigenvalue weighted by molar-refractivity contribution is 9.10. The maximum absolute atomic E-state index is 12.7. The number of carboxylic acids is 1. The molecule has 0 bridgehead atoms. The fourth-order valence-electron chi connectivity index (χ4n) is 2.83. The Labute approximate surface area is 208 Å². The van der Waals surface area contributed by atoms with Crippen LogP contribution in [-0.2, 0) is 27.4 Å². The molecule has 3 aromatic rings. The molecular formula is C23H22BrN5O6. The van der Waals surface area contributed by atoms with Crippen LogP contribution in [0.4, 0.5) is 4.79 Å². The van der Waals surface area contributed by atoms with Gasteiger partial charge in [0.25, 0.3) is 5.91 Å². The number of alkyl carbamates (subject to hydrolysis) is 1. The molecule has 3 rings (SSSR count). The van der Waals surface area contributed by atoms with Crippen molar-refractivity contribution in [2.24, 2.45) is 5.10 Å². The summed E-state index contributed by atoms with van der Waals surface area (Å²) in [6.07, 6.45) is 3.80. The van der Waals surface area contributed by atoms with E-state index in [9.17, 15) is 14.4 Å². The van der Waals surface area contributed by atoms with Gasteiger partial charge in [-0.1, -0.05) is 30.3 Å². The van der Waals surface area contributed by atoms with Gasteiger partial charge in [0.15, 0.2) is 6.61 Å². The van der Waals surface area contributed by atoms with Crippen LogP contribution in [0, 0.1) is 0 Å². The summed E-state index contributed by atoms with van der Waals surface area (Å²) in [5.74, 6) is -1.30. The van der Waals surface area contributed by atoms with Gasteiger partial charge in [-0.05, 0) is 45.3 Å². The van der Waals surface area contributed by atoms with E-state index in [1.807, 2.05) is 30.3 Å². The molecule has 1 atom stereocenters. The van der Waals surface area contributed by atoms with E-state index in [0.717, 1.165) is 5.56 Å². The number of aromatic amines is 1. The van der Waals surface area contributed by atoms with Crippen LogP contribution < -0.4 is 15.5 Å². The number of nitrogens with zero attached hydrogens (tertiary/aromatic N) is 2. The molecule has 4 N–H and O–H groups in total. The van der Waals surface area contributed by atoms with Crippen LogP contribution in [0.15, 0.2) is 70.6 Å². The van der Waals surface area contributed by atoms with Crippen LogP contribution in [0.25, 0.3) is 0 Å². The molecule has 0 aliphatic rings. The fourth-order valence-corrected chi connectivity index (χ4v) is 3.35. The van der Waals surface area contributed by atoms with Crippen molar-refractivity contribution in [2.75, 3.05) is 6.61 Å². The number of carbonyl (C=O) groups is 3. The number of amides is 2. The van der Waals surface area contributed by atoms with Gasteiger partial charge in [0.2, 0.25) is 0 Å². The smallest absolute Gasteiger partial charge is 0.408 e. The number of imidazole rings is 1. The van der Waals surface area contributed by atoms with Crippen molar-refractivity contribution in [1.29, 1.82) is 0 Å². The molecule has 2 amide bonds. The second-order valence-electron chi connectivity index (χ2n) is 7.15. The zero-order valence-corrected chi connectivity index (χ0v) is 19.9. The lowest BCUT2D eigenvalue weighted by atomic mass is 10.1. The lowest BCUT2D eigenvalue weighted by Crippen LogP contribution is -2.47. The number of nitrogens with one attached hydrogen (secondary N) is 3. The van der Waals surface area contributed by atoms with Gasteiger partial charge in [-0.25, -0.2) is 20.0 Å². The molecule has 0 radical (unpaired) electrons. The number of H-pyrrole nitrogens is 1. The minimum Gasteiger partial charge on any atom is -0.481 e. The zero-order valence-electron chi connectivity index (χ0n) is 18.3. The molecule has 1 aromatic heterocycles. The molecule has 0 spiro atoms. The molecule has 35 heavy (non-hydrogen) atoms. The largest absolute Gasteiger partial charge is 0.481 e. The van der Waals surface area contributed by atoms with Crippen LogP contribution >= 0.6 is 15.9 Å². The first-order valence-electron chi connectivity index (χ1n) is 10.3. The van der Waals surface area contributed by atoms with Crippen LogP contribution in [-0.4, -0.2) is 51.9 Å². The minimum absolute atomic E-state index is 0.0598. The van der Waals surface area contributed by atoms with Crippen molar-refractivity contribution in [3.63, 3.8) is 0 Å². The van der Waals surface area contributed by atoms with Gasteiger partial charge in [0.05, 0.1) is 17.0 Å². The van der Waals surface area contributed by atoms with Crippen molar-refractivity contribution < 1.29 is 29.0 Å². The number of hydrogen-bond acceptors (Lipinski definition) is 7. The predicted octanol–water partition coefficient (Wildman–Crippen LogP) is 2.62. The van der Waals surface area contributed by atoms with E-state index >= 15 is 0 Å². The van der Waals surface area contributed by atoms with Gasteiger partial charge in [-0.2, -0.15) is 5.10 Å². The van der Waals surface area contributed by atoms with Crippen molar-refractivity contribution in [1.82, 2.24) is 20.7 Å². The summed E-state index contributed by atoms with van der Waals surface area (Å²) in [5, 5.41) is 15.2. The number of rotatable bonds is 11. The lowest BCUT2D eigenvalue weighted by molar-refractivity contribution is -0.139. The van der Waals surface area contributed by atoms with E-state index in [2.05, 4.69) is 41.7 Å². The number of benzene rings is 2. The van der Waals surface area contributed by atoms with Crippen molar-refractivity contribution in [2.45, 2.75) is 19.1 Å². The summed E-state index contributed by atoms with van der Waals surface area (Å²) >= 11 is 3.30. The van der Waals surface area contributed by atoms with Gasteiger partial charge < -0.3 is 24.9 Å². The Morgan fingerprint density at radius 1 is 1.20 bits per heavy atom. The highest BCUT2D eigenvalue weighted by atomic mass is 79.9. The molecule has 11 nitrogen and oxygen atoms in total. The second-order valence-corrected chi connectivity index (χ2v) is 8.00. The van der Waals surface area contributed by atoms with E-state index in [4.69, 9.17) is 14.6 Å². The second kappa shape index (κ2) is 12.9. The van der Waals surface area contributed by atoms with E-state index in [1.165, 1.54) is 12.5 Å². The van der Waals surface area contributed by atoms with E-state index in [1.54, 1.807) is 24.4 Å². The number of aliphatic carboxylic acids is 1. The van der Waals surface area contributed by atoms with Crippen LogP contribution in [0.3, 0.4) is 0 Å². The highest BCUT2D eigenvalue weighted by Gasteiger charge is 2.22. The summed E-state index contributed by atoms with van der Waals surface area (Å²) in [7, 11) is 0. The number of aromatic nitrogens is 2. The van der Waals surface area contributed by atoms with E-state index in [-0.39, 0.29) is 13.0 Å². The maximum atomic E-state index is 12.7. The first-order chi connectivity index (χ1) is 16.9. The predicted molar refractivity (Wildman–Crippen MR) is 129 cm³/mol. The Balaban J connectivity index is 1.58. The average molecular weight is 544 g/mol. The molecule has 0 aliphatic carbocycles. The Morgan fingerprint density at radius 2 is 2.00 bits per heavy atom. The Morgan fingerprint density at radius 3 is 2.69 bits per heavy atom. The van der Waals surface area contributed by atoms with Crippen molar-refractivity contribution in [3.8, 4) is 5.75 Å². The van der Waals surface area contributed by atoms with Crippen LogP contribution in [0.1, 0.15) is 16.8 Å². The SMILES string of the molecule is O=C(O)COc1ccc(/C=N\NC(=O)[C@H](Cc2cnc[nH]2)NC(=O)OCc2ccccc2)cc1Br. The summed E-state index contributed by atoms with van der Waals surface area (Å²) in [4.78, 5) is 42.5. The number of halogens is 1. The van der Waals surface area contributed by atoms with Gasteiger partial charge >= 0.3 is 12.1 Å². The molecule has 12 heteroatoms. The molecule has 0 aliphatic heterocycles. The van der Waals surface area contributed by atoms with Crippen molar-refractivity contribution in [3.05, 3.63) is 82.3 Å². The van der Waals surface area contributed by atoms with Crippen LogP contribution in [0.5, 0.6) is 5.75 Å². The standard InChI is InChI=1S/C23H22BrN5O6/c24-18-8-16(6-7-20(18)34-13-21(30)31)10-27-29-22(32)19(9-17-11-25-14-26-17)28-23(33)35-12-15-4-2-1-3-5-15/h1-8,10-11,14,19H,9,12-13H2,(H,25,26)(H,28,33)(H,29,32)(H,30,31)/b27-10-/t19-/m0/s1.